The third-order valence-corrected chi connectivity index (χ3v) is 4.53. The number of pyridine rings is 1. The van der Waals surface area contributed by atoms with Crippen molar-refractivity contribution in [3.05, 3.63) is 63.9 Å². The maximum Gasteiger partial charge on any atom is 0.131 e. The van der Waals surface area contributed by atoms with E-state index in [1.54, 1.807) is 0 Å². The molecule has 0 radical (unpaired) electrons. The molecule has 1 N–H and O–H groups in total. The number of benzene rings is 1. The smallest absolute Gasteiger partial charge is 0.131 e. The number of piperidine rings is 1. The van der Waals surface area contributed by atoms with Gasteiger partial charge < -0.3 is 10.1 Å². The van der Waals surface area contributed by atoms with E-state index in [1.807, 2.05) is 24.4 Å². The number of hydrogen-bond donors (Lipinski definition) is 1. The van der Waals surface area contributed by atoms with Crippen LogP contribution in [0.1, 0.15) is 29.7 Å². The summed E-state index contributed by atoms with van der Waals surface area (Å²) in [5.41, 5.74) is 6.08. The molecule has 2 aromatic rings. The first kappa shape index (κ1) is 13.8. The van der Waals surface area contributed by atoms with Gasteiger partial charge in [0.25, 0.3) is 0 Å². The maximum absolute atomic E-state index is 6.15. The van der Waals surface area contributed by atoms with E-state index in [-0.39, 0.29) is 0 Å². The standard InChI is InChI=1S/C18H17ClN2O/c19-13-3-4-15-17(10-13)22-11-16-14(2-1-7-21-16)18(15)12-5-8-20-9-6-12/h1-4,7,10,20H,5-6,8-9,11H2. The van der Waals surface area contributed by atoms with Gasteiger partial charge in [-0.05, 0) is 55.8 Å². The minimum atomic E-state index is 0.485. The lowest BCUT2D eigenvalue weighted by Gasteiger charge is -2.21. The molecule has 1 fully saturated rings. The molecule has 3 heterocycles. The molecule has 0 spiro atoms. The first-order valence-corrected chi connectivity index (χ1v) is 8.00. The van der Waals surface area contributed by atoms with E-state index >= 15 is 0 Å². The summed E-state index contributed by atoms with van der Waals surface area (Å²) in [4.78, 5) is 4.52. The molecule has 1 aromatic heterocycles. The fraction of sp³-hybridized carbons (Fsp3) is 0.278. The number of aromatic nitrogens is 1. The highest BCUT2D eigenvalue weighted by molar-refractivity contribution is 6.30. The summed E-state index contributed by atoms with van der Waals surface area (Å²) in [6.45, 7) is 2.54. The van der Waals surface area contributed by atoms with E-state index < -0.39 is 0 Å². The Morgan fingerprint density at radius 1 is 1.09 bits per heavy atom. The molecule has 0 unspecified atom stereocenters. The van der Waals surface area contributed by atoms with Crippen molar-refractivity contribution in [3.63, 3.8) is 0 Å². The van der Waals surface area contributed by atoms with Gasteiger partial charge in [0.2, 0.25) is 0 Å². The average Bonchev–Trinajstić information content (AvgIpc) is 2.72. The lowest BCUT2D eigenvalue weighted by atomic mass is 9.88. The van der Waals surface area contributed by atoms with Gasteiger partial charge in [-0.2, -0.15) is 0 Å². The van der Waals surface area contributed by atoms with Gasteiger partial charge in [-0.1, -0.05) is 23.2 Å². The molecule has 1 aromatic carbocycles. The Bertz CT molecular complexity index is 747. The fourth-order valence-corrected chi connectivity index (χ4v) is 3.42. The monoisotopic (exact) mass is 312 g/mol. The Balaban J connectivity index is 1.98. The highest BCUT2D eigenvalue weighted by Crippen LogP contribution is 2.40. The molecule has 22 heavy (non-hydrogen) atoms. The van der Waals surface area contributed by atoms with Gasteiger partial charge in [0.1, 0.15) is 12.4 Å². The van der Waals surface area contributed by atoms with Crippen LogP contribution in [0.25, 0.3) is 5.57 Å². The Morgan fingerprint density at radius 3 is 2.82 bits per heavy atom. The van der Waals surface area contributed by atoms with Gasteiger partial charge in [0, 0.05) is 22.3 Å². The van der Waals surface area contributed by atoms with Crippen LogP contribution in [-0.2, 0) is 6.61 Å². The lowest BCUT2D eigenvalue weighted by molar-refractivity contribution is 0.302. The molecule has 0 atom stereocenters. The van der Waals surface area contributed by atoms with Crippen LogP contribution in [0, 0.1) is 0 Å². The third-order valence-electron chi connectivity index (χ3n) is 4.30. The van der Waals surface area contributed by atoms with Crippen molar-refractivity contribution in [2.75, 3.05) is 13.1 Å². The predicted octanol–water partition coefficient (Wildman–Crippen LogP) is 3.81. The normalized spacial score (nSPS) is 17.3. The van der Waals surface area contributed by atoms with Crippen LogP contribution < -0.4 is 10.1 Å². The van der Waals surface area contributed by atoms with Crippen LogP contribution in [0.4, 0.5) is 0 Å². The average molecular weight is 313 g/mol. The van der Waals surface area contributed by atoms with Crippen LogP contribution in [-0.4, -0.2) is 18.1 Å². The van der Waals surface area contributed by atoms with Crippen molar-refractivity contribution in [2.45, 2.75) is 19.4 Å². The van der Waals surface area contributed by atoms with Crippen molar-refractivity contribution in [3.8, 4) is 5.75 Å². The first-order chi connectivity index (χ1) is 10.8. The van der Waals surface area contributed by atoms with E-state index in [0.29, 0.717) is 11.6 Å². The number of nitrogens with zero attached hydrogens (tertiary/aromatic N) is 1. The Labute approximate surface area is 135 Å². The summed E-state index contributed by atoms with van der Waals surface area (Å²) >= 11 is 6.15. The number of halogens is 1. The molecule has 3 nitrogen and oxygen atoms in total. The van der Waals surface area contributed by atoms with E-state index in [9.17, 15) is 0 Å². The van der Waals surface area contributed by atoms with Crippen molar-refractivity contribution < 1.29 is 4.74 Å². The summed E-state index contributed by atoms with van der Waals surface area (Å²) in [5.74, 6) is 0.853. The van der Waals surface area contributed by atoms with Gasteiger partial charge in [-0.25, -0.2) is 0 Å². The Kier molecular flexibility index (Phi) is 3.60. The Morgan fingerprint density at radius 2 is 1.95 bits per heavy atom. The molecule has 2 aliphatic heterocycles. The largest absolute Gasteiger partial charge is 0.487 e. The van der Waals surface area contributed by atoms with E-state index in [2.05, 4.69) is 22.4 Å². The molecular formula is C18H17ClN2O. The van der Waals surface area contributed by atoms with E-state index in [4.69, 9.17) is 16.3 Å². The first-order valence-electron chi connectivity index (χ1n) is 7.62. The number of hydrogen-bond acceptors (Lipinski definition) is 3. The minimum absolute atomic E-state index is 0.485. The molecule has 2 aliphatic rings. The maximum atomic E-state index is 6.15. The predicted molar refractivity (Wildman–Crippen MR) is 88.1 cm³/mol. The summed E-state index contributed by atoms with van der Waals surface area (Å²) < 4.78 is 5.98. The second kappa shape index (κ2) is 5.75. The Hall–Kier alpha value is -1.84. The summed E-state index contributed by atoms with van der Waals surface area (Å²) in [7, 11) is 0. The molecule has 0 bridgehead atoms. The highest BCUT2D eigenvalue weighted by Gasteiger charge is 2.23. The molecule has 4 rings (SSSR count). The van der Waals surface area contributed by atoms with Crippen molar-refractivity contribution in [1.29, 1.82) is 0 Å². The zero-order valence-corrected chi connectivity index (χ0v) is 13.0. The molecule has 112 valence electrons. The highest BCUT2D eigenvalue weighted by atomic mass is 35.5. The quantitative estimate of drug-likeness (QED) is 0.803. The van der Waals surface area contributed by atoms with Gasteiger partial charge in [-0.15, -0.1) is 0 Å². The van der Waals surface area contributed by atoms with Crippen LogP contribution >= 0.6 is 11.6 Å². The molecule has 4 heteroatoms. The van der Waals surface area contributed by atoms with Crippen molar-refractivity contribution in [2.24, 2.45) is 0 Å². The number of rotatable bonds is 0. The molecule has 0 aliphatic carbocycles. The summed E-state index contributed by atoms with van der Waals surface area (Å²) in [5, 5.41) is 4.13. The topological polar surface area (TPSA) is 34.1 Å². The van der Waals surface area contributed by atoms with Crippen LogP contribution in [0.5, 0.6) is 5.75 Å². The number of nitrogens with one attached hydrogen (secondary N) is 1. The molecule has 1 saturated heterocycles. The molecular weight excluding hydrogens is 296 g/mol. The second-order valence-electron chi connectivity index (χ2n) is 5.66. The van der Waals surface area contributed by atoms with Crippen molar-refractivity contribution >= 4 is 17.2 Å². The van der Waals surface area contributed by atoms with Crippen LogP contribution in [0.2, 0.25) is 5.02 Å². The molecule has 0 amide bonds. The van der Waals surface area contributed by atoms with E-state index in [0.717, 1.165) is 42.9 Å². The van der Waals surface area contributed by atoms with Crippen LogP contribution in [0.3, 0.4) is 0 Å². The zero-order valence-electron chi connectivity index (χ0n) is 12.2. The van der Waals surface area contributed by atoms with Gasteiger partial charge >= 0.3 is 0 Å². The zero-order chi connectivity index (χ0) is 14.9. The SMILES string of the molecule is Clc1ccc2c(c1)OCc1ncccc1C2=C1CCNCC1. The van der Waals surface area contributed by atoms with Gasteiger partial charge in [0.05, 0.1) is 5.69 Å². The van der Waals surface area contributed by atoms with Gasteiger partial charge in [-0.3, -0.25) is 4.98 Å². The number of ether oxygens (including phenoxy) is 1. The van der Waals surface area contributed by atoms with Crippen LogP contribution in [0.15, 0.2) is 42.1 Å². The van der Waals surface area contributed by atoms with Gasteiger partial charge in [0.15, 0.2) is 0 Å². The summed E-state index contributed by atoms with van der Waals surface area (Å²) in [6, 6.07) is 10.1. The lowest BCUT2D eigenvalue weighted by Crippen LogP contribution is -2.24. The minimum Gasteiger partial charge on any atom is -0.487 e. The summed E-state index contributed by atoms with van der Waals surface area (Å²) in [6.07, 6.45) is 3.95. The fourth-order valence-electron chi connectivity index (χ4n) is 3.25. The van der Waals surface area contributed by atoms with Crippen molar-refractivity contribution in [1.82, 2.24) is 10.3 Å². The second-order valence-corrected chi connectivity index (χ2v) is 6.09. The third kappa shape index (κ3) is 2.40. The molecule has 0 saturated carbocycles. The number of fused-ring (bicyclic) bond motifs is 2. The van der Waals surface area contributed by atoms with E-state index in [1.165, 1.54) is 16.7 Å².